The zero-order valence-corrected chi connectivity index (χ0v) is 15.2. The fourth-order valence-electron chi connectivity index (χ4n) is 2.10. The third kappa shape index (κ3) is 5.59. The van der Waals surface area contributed by atoms with Gasteiger partial charge in [0.25, 0.3) is 11.8 Å². The third-order valence-corrected chi connectivity index (χ3v) is 3.49. The number of hydrogen-bond acceptors (Lipinski definition) is 7. The number of carbonyl (C=O) groups excluding carboxylic acids is 2. The molecule has 0 spiro atoms. The molecule has 1 unspecified atom stereocenters. The van der Waals surface area contributed by atoms with Gasteiger partial charge in [-0.2, -0.15) is 0 Å². The molecule has 148 valence electrons. The Balaban J connectivity index is 1.83. The Morgan fingerprint density at radius 2 is 1.64 bits per heavy atom. The molecule has 0 radical (unpaired) electrons. The van der Waals surface area contributed by atoms with Gasteiger partial charge in [0, 0.05) is 6.07 Å². The number of carbonyl (C=O) groups is 2. The second-order valence-electron chi connectivity index (χ2n) is 5.46. The van der Waals surface area contributed by atoms with Crippen LogP contribution in [0.4, 0.5) is 5.69 Å². The molecule has 2 aromatic rings. The van der Waals surface area contributed by atoms with Crippen molar-refractivity contribution in [1.29, 1.82) is 0 Å². The summed E-state index contributed by atoms with van der Waals surface area (Å²) in [7, 11) is 1.47. The lowest BCUT2D eigenvalue weighted by molar-refractivity contribution is -0.386. The maximum Gasteiger partial charge on any atom is 0.310 e. The minimum atomic E-state index is -1.09. The molecule has 10 heteroatoms. The van der Waals surface area contributed by atoms with Crippen LogP contribution in [0.1, 0.15) is 6.92 Å². The summed E-state index contributed by atoms with van der Waals surface area (Å²) >= 11 is 0. The van der Waals surface area contributed by atoms with Gasteiger partial charge in [-0.15, -0.1) is 0 Å². The summed E-state index contributed by atoms with van der Waals surface area (Å²) in [5, 5.41) is 11.0. The first kappa shape index (κ1) is 20.5. The van der Waals surface area contributed by atoms with Crippen molar-refractivity contribution in [3.63, 3.8) is 0 Å². The van der Waals surface area contributed by atoms with Crippen LogP contribution in [0.15, 0.2) is 48.5 Å². The molecule has 2 N–H and O–H groups in total. The highest BCUT2D eigenvalue weighted by molar-refractivity contribution is 5.85. The molecule has 0 saturated carbocycles. The van der Waals surface area contributed by atoms with E-state index < -0.39 is 22.8 Å². The Morgan fingerprint density at radius 3 is 2.29 bits per heavy atom. The van der Waals surface area contributed by atoms with Gasteiger partial charge in [0.1, 0.15) is 0 Å². The number of nitro groups is 1. The van der Waals surface area contributed by atoms with Gasteiger partial charge in [-0.25, -0.2) is 0 Å². The van der Waals surface area contributed by atoms with Gasteiger partial charge in [0.05, 0.1) is 12.0 Å². The van der Waals surface area contributed by atoms with Crippen molar-refractivity contribution in [2.45, 2.75) is 13.0 Å². The summed E-state index contributed by atoms with van der Waals surface area (Å²) < 4.78 is 15.7. The van der Waals surface area contributed by atoms with Gasteiger partial charge in [-0.3, -0.25) is 30.6 Å². The van der Waals surface area contributed by atoms with Crippen molar-refractivity contribution in [3.8, 4) is 17.2 Å². The number of amides is 2. The molecule has 0 fully saturated rings. The van der Waals surface area contributed by atoms with Gasteiger partial charge in [-0.05, 0) is 25.1 Å². The first-order valence-electron chi connectivity index (χ1n) is 8.17. The standard InChI is InChI=1S/C18H19N3O7/c1-12(28-14-8-4-3-7-13(14)21(24)25)18(23)20-19-17(22)11-27-16-10-6-5-9-15(16)26-2/h3-10,12H,11H2,1-2H3,(H,19,22)(H,20,23). The van der Waals surface area contributed by atoms with Crippen LogP contribution >= 0.6 is 0 Å². The highest BCUT2D eigenvalue weighted by Gasteiger charge is 2.21. The number of hydrazine groups is 1. The van der Waals surface area contributed by atoms with Gasteiger partial charge < -0.3 is 14.2 Å². The van der Waals surface area contributed by atoms with Crippen LogP contribution < -0.4 is 25.1 Å². The average Bonchev–Trinajstić information content (AvgIpc) is 2.70. The minimum Gasteiger partial charge on any atom is -0.493 e. The van der Waals surface area contributed by atoms with Crippen LogP contribution in [-0.2, 0) is 9.59 Å². The second kappa shape index (κ2) is 9.76. The summed E-state index contributed by atoms with van der Waals surface area (Å²) in [6.45, 7) is 1.03. The molecule has 0 aliphatic heterocycles. The van der Waals surface area contributed by atoms with E-state index in [0.717, 1.165) is 0 Å². The van der Waals surface area contributed by atoms with Gasteiger partial charge in [0.2, 0.25) is 0 Å². The van der Waals surface area contributed by atoms with E-state index in [0.29, 0.717) is 11.5 Å². The number of methoxy groups -OCH3 is 1. The van der Waals surface area contributed by atoms with E-state index in [1.54, 1.807) is 30.3 Å². The molecule has 0 aliphatic carbocycles. The average molecular weight is 389 g/mol. The van der Waals surface area contributed by atoms with Crippen molar-refractivity contribution in [1.82, 2.24) is 10.9 Å². The van der Waals surface area contributed by atoms with Gasteiger partial charge >= 0.3 is 5.69 Å². The van der Waals surface area contributed by atoms with E-state index in [-0.39, 0.29) is 18.0 Å². The van der Waals surface area contributed by atoms with E-state index >= 15 is 0 Å². The van der Waals surface area contributed by atoms with Gasteiger partial charge in [0.15, 0.2) is 30.0 Å². The first-order valence-corrected chi connectivity index (χ1v) is 8.17. The van der Waals surface area contributed by atoms with Crippen LogP contribution in [0.5, 0.6) is 17.2 Å². The zero-order chi connectivity index (χ0) is 20.5. The lowest BCUT2D eigenvalue weighted by Crippen LogP contribution is -2.48. The first-order chi connectivity index (χ1) is 13.4. The quantitative estimate of drug-likeness (QED) is 0.518. The van der Waals surface area contributed by atoms with Crippen molar-refractivity contribution in [2.24, 2.45) is 0 Å². The lowest BCUT2D eigenvalue weighted by Gasteiger charge is -2.15. The monoisotopic (exact) mass is 389 g/mol. The smallest absolute Gasteiger partial charge is 0.310 e. The SMILES string of the molecule is COc1ccccc1OCC(=O)NNC(=O)C(C)Oc1ccccc1[N+](=O)[O-]. The van der Waals surface area contributed by atoms with Crippen LogP contribution in [0.3, 0.4) is 0 Å². The molecule has 2 aromatic carbocycles. The Morgan fingerprint density at radius 1 is 1.04 bits per heavy atom. The number of nitrogens with one attached hydrogen (secondary N) is 2. The number of para-hydroxylation sites is 4. The highest BCUT2D eigenvalue weighted by Crippen LogP contribution is 2.27. The summed E-state index contributed by atoms with van der Waals surface area (Å²) in [5.41, 5.74) is 4.08. The molecule has 0 bridgehead atoms. The number of ether oxygens (including phenoxy) is 3. The number of rotatable bonds is 8. The van der Waals surface area contributed by atoms with Crippen LogP contribution in [0.25, 0.3) is 0 Å². The molecule has 0 aliphatic rings. The zero-order valence-electron chi connectivity index (χ0n) is 15.2. The molecule has 0 heterocycles. The Labute approximate surface area is 160 Å². The maximum absolute atomic E-state index is 12.0. The molecule has 0 aromatic heterocycles. The molecule has 10 nitrogen and oxygen atoms in total. The lowest BCUT2D eigenvalue weighted by atomic mass is 10.3. The fourth-order valence-corrected chi connectivity index (χ4v) is 2.10. The number of nitro benzene ring substituents is 1. The molecule has 1 atom stereocenters. The Hall–Kier alpha value is -3.82. The molecule has 28 heavy (non-hydrogen) atoms. The Kier molecular flexibility index (Phi) is 7.14. The molecular weight excluding hydrogens is 370 g/mol. The topological polar surface area (TPSA) is 129 Å². The number of nitrogens with zero attached hydrogens (tertiary/aromatic N) is 1. The van der Waals surface area contributed by atoms with Crippen molar-refractivity contribution >= 4 is 17.5 Å². The second-order valence-corrected chi connectivity index (χ2v) is 5.46. The summed E-state index contributed by atoms with van der Waals surface area (Å²) in [5.74, 6) is -0.521. The molecule has 0 saturated heterocycles. The van der Waals surface area contributed by atoms with E-state index in [9.17, 15) is 19.7 Å². The Bertz CT molecular complexity index is 857. The molecule has 2 rings (SSSR count). The van der Waals surface area contributed by atoms with Crippen LogP contribution in [0, 0.1) is 10.1 Å². The highest BCUT2D eigenvalue weighted by atomic mass is 16.6. The summed E-state index contributed by atoms with van der Waals surface area (Å²) in [6.07, 6.45) is -1.09. The van der Waals surface area contributed by atoms with E-state index in [4.69, 9.17) is 14.2 Å². The van der Waals surface area contributed by atoms with Crippen LogP contribution in [0.2, 0.25) is 0 Å². The largest absolute Gasteiger partial charge is 0.493 e. The minimum absolute atomic E-state index is 0.0546. The van der Waals surface area contributed by atoms with E-state index in [2.05, 4.69) is 10.9 Å². The predicted molar refractivity (Wildman–Crippen MR) is 98.0 cm³/mol. The summed E-state index contributed by atoms with van der Waals surface area (Å²) in [4.78, 5) is 34.2. The molecule has 2 amide bonds. The predicted octanol–water partition coefficient (Wildman–Crippen LogP) is 1.60. The van der Waals surface area contributed by atoms with E-state index in [1.807, 2.05) is 0 Å². The van der Waals surface area contributed by atoms with Crippen molar-refractivity contribution in [3.05, 3.63) is 58.6 Å². The number of hydrogen-bond donors (Lipinski definition) is 2. The normalized spacial score (nSPS) is 11.1. The maximum atomic E-state index is 12.0. The number of benzene rings is 2. The molecular formula is C18H19N3O7. The van der Waals surface area contributed by atoms with Crippen molar-refractivity contribution < 1.29 is 28.7 Å². The van der Waals surface area contributed by atoms with Crippen LogP contribution in [-0.4, -0.2) is 36.6 Å². The summed E-state index contributed by atoms with van der Waals surface area (Å²) in [6, 6.07) is 12.5. The van der Waals surface area contributed by atoms with Crippen molar-refractivity contribution in [2.75, 3.05) is 13.7 Å². The van der Waals surface area contributed by atoms with Gasteiger partial charge in [-0.1, -0.05) is 24.3 Å². The van der Waals surface area contributed by atoms with E-state index in [1.165, 1.54) is 32.2 Å². The third-order valence-electron chi connectivity index (χ3n) is 3.49. The fraction of sp³-hybridized carbons (Fsp3) is 0.222.